The van der Waals surface area contributed by atoms with Crippen LogP contribution in [0.2, 0.25) is 0 Å². The summed E-state index contributed by atoms with van der Waals surface area (Å²) in [5.74, 6) is -0.684. The Morgan fingerprint density at radius 1 is 1.40 bits per heavy atom. The Morgan fingerprint density at radius 2 is 2.00 bits per heavy atom. The van der Waals surface area contributed by atoms with E-state index in [1.54, 1.807) is 13.8 Å². The first kappa shape index (κ1) is 16.4. The van der Waals surface area contributed by atoms with Crippen molar-refractivity contribution >= 4 is 21.6 Å². The first-order valence-corrected chi connectivity index (χ1v) is 7.51. The number of carbonyl (C=O) groups excluding carboxylic acids is 1. The molecule has 8 heteroatoms. The molecular formula is C12H19N3O4S. The third-order valence-corrected chi connectivity index (χ3v) is 4.30. The van der Waals surface area contributed by atoms with E-state index < -0.39 is 28.1 Å². The molecule has 0 spiro atoms. The molecule has 1 aromatic carbocycles. The Hall–Kier alpha value is -1.64. The molecule has 2 atom stereocenters. The fourth-order valence-corrected chi connectivity index (χ4v) is 3.20. The number of hydrogen-bond acceptors (Lipinski definition) is 5. The fraction of sp³-hybridized carbons (Fsp3) is 0.417. The average Bonchev–Trinajstić information content (AvgIpc) is 2.25. The van der Waals surface area contributed by atoms with Crippen LogP contribution in [0.4, 0.5) is 5.69 Å². The molecule has 20 heavy (non-hydrogen) atoms. The number of nitrogens with two attached hydrogens (primary N) is 2. The summed E-state index contributed by atoms with van der Waals surface area (Å²) in [7, 11) is -3.82. The van der Waals surface area contributed by atoms with E-state index in [1.807, 2.05) is 0 Å². The standard InChI is InChI=1S/C12H19N3O4S/c1-7(5-8(2)16)15-20(18,19)11-4-3-9(12(14)17)6-10(11)13/h3-4,6-8,15-16H,5,13H2,1-2H3,(H2,14,17). The van der Waals surface area contributed by atoms with Crippen LogP contribution in [0.1, 0.15) is 30.6 Å². The smallest absolute Gasteiger partial charge is 0.248 e. The van der Waals surface area contributed by atoms with Crippen molar-refractivity contribution in [2.45, 2.75) is 37.3 Å². The van der Waals surface area contributed by atoms with Gasteiger partial charge in [-0.1, -0.05) is 0 Å². The molecule has 0 bridgehead atoms. The van der Waals surface area contributed by atoms with Crippen LogP contribution in [0.5, 0.6) is 0 Å². The zero-order chi connectivity index (χ0) is 15.5. The van der Waals surface area contributed by atoms with E-state index in [1.165, 1.54) is 18.2 Å². The minimum absolute atomic E-state index is 0.0574. The maximum atomic E-state index is 12.1. The lowest BCUT2D eigenvalue weighted by molar-refractivity contribution is 0.1000. The Labute approximate surface area is 118 Å². The van der Waals surface area contributed by atoms with Crippen molar-refractivity contribution in [3.63, 3.8) is 0 Å². The van der Waals surface area contributed by atoms with Gasteiger partial charge in [-0.3, -0.25) is 4.79 Å². The van der Waals surface area contributed by atoms with Gasteiger partial charge in [0, 0.05) is 11.6 Å². The summed E-state index contributed by atoms with van der Waals surface area (Å²) in [6.45, 7) is 3.21. The molecular weight excluding hydrogens is 282 g/mol. The Balaban J connectivity index is 3.01. The molecule has 0 aliphatic heterocycles. The second-order valence-corrected chi connectivity index (χ2v) is 6.41. The highest BCUT2D eigenvalue weighted by Crippen LogP contribution is 2.20. The minimum atomic E-state index is -3.82. The predicted molar refractivity (Wildman–Crippen MR) is 75.5 cm³/mol. The molecule has 0 saturated carbocycles. The number of sulfonamides is 1. The molecule has 7 nitrogen and oxygen atoms in total. The molecule has 0 heterocycles. The first-order chi connectivity index (χ1) is 9.13. The van der Waals surface area contributed by atoms with E-state index in [0.29, 0.717) is 0 Å². The summed E-state index contributed by atoms with van der Waals surface area (Å²) >= 11 is 0. The molecule has 0 saturated heterocycles. The highest BCUT2D eigenvalue weighted by molar-refractivity contribution is 7.89. The van der Waals surface area contributed by atoms with E-state index in [0.717, 1.165) is 0 Å². The average molecular weight is 301 g/mol. The van der Waals surface area contributed by atoms with Gasteiger partial charge in [-0.05, 0) is 38.5 Å². The summed E-state index contributed by atoms with van der Waals surface area (Å²) < 4.78 is 26.7. The molecule has 0 aliphatic carbocycles. The monoisotopic (exact) mass is 301 g/mol. The number of aliphatic hydroxyl groups is 1. The number of hydrogen-bond donors (Lipinski definition) is 4. The van der Waals surface area contributed by atoms with E-state index in [2.05, 4.69) is 4.72 Å². The van der Waals surface area contributed by atoms with E-state index in [4.69, 9.17) is 11.5 Å². The number of aliphatic hydroxyl groups excluding tert-OH is 1. The largest absolute Gasteiger partial charge is 0.398 e. The fourth-order valence-electron chi connectivity index (χ4n) is 1.83. The van der Waals surface area contributed by atoms with Gasteiger partial charge < -0.3 is 16.6 Å². The van der Waals surface area contributed by atoms with Crippen molar-refractivity contribution in [1.82, 2.24) is 4.72 Å². The van der Waals surface area contributed by atoms with Gasteiger partial charge in [0.25, 0.3) is 0 Å². The van der Waals surface area contributed by atoms with Crippen LogP contribution in [-0.4, -0.2) is 31.6 Å². The van der Waals surface area contributed by atoms with Crippen LogP contribution < -0.4 is 16.2 Å². The van der Waals surface area contributed by atoms with Gasteiger partial charge in [-0.15, -0.1) is 0 Å². The SMILES string of the molecule is CC(O)CC(C)NS(=O)(=O)c1ccc(C(N)=O)cc1N. The van der Waals surface area contributed by atoms with Gasteiger partial charge in [0.05, 0.1) is 11.8 Å². The quantitative estimate of drug-likeness (QED) is 0.540. The summed E-state index contributed by atoms with van der Waals surface area (Å²) in [6.07, 6.45) is -0.347. The highest BCUT2D eigenvalue weighted by atomic mass is 32.2. The Kier molecular flexibility index (Phi) is 5.09. The van der Waals surface area contributed by atoms with Crippen molar-refractivity contribution in [2.24, 2.45) is 5.73 Å². The molecule has 0 fully saturated rings. The molecule has 0 aromatic heterocycles. The van der Waals surface area contributed by atoms with Crippen LogP contribution in [-0.2, 0) is 10.0 Å². The number of nitrogen functional groups attached to an aromatic ring is 1. The van der Waals surface area contributed by atoms with Gasteiger partial charge in [-0.25, -0.2) is 13.1 Å². The number of anilines is 1. The van der Waals surface area contributed by atoms with Crippen molar-refractivity contribution in [1.29, 1.82) is 0 Å². The summed E-state index contributed by atoms with van der Waals surface area (Å²) in [4.78, 5) is 10.9. The number of primary amides is 1. The summed E-state index contributed by atoms with van der Waals surface area (Å²) in [6, 6.07) is 3.30. The molecule has 112 valence electrons. The van der Waals surface area contributed by atoms with Crippen LogP contribution in [0.15, 0.2) is 23.1 Å². The van der Waals surface area contributed by atoms with E-state index in [9.17, 15) is 18.3 Å². The second-order valence-electron chi connectivity index (χ2n) is 4.72. The Morgan fingerprint density at radius 3 is 2.45 bits per heavy atom. The van der Waals surface area contributed by atoms with Crippen molar-refractivity contribution < 1.29 is 18.3 Å². The third-order valence-electron chi connectivity index (χ3n) is 2.63. The zero-order valence-corrected chi connectivity index (χ0v) is 12.1. The normalized spacial score (nSPS) is 14.8. The van der Waals surface area contributed by atoms with Crippen LogP contribution >= 0.6 is 0 Å². The van der Waals surface area contributed by atoms with Gasteiger partial charge in [0.15, 0.2) is 0 Å². The lowest BCUT2D eigenvalue weighted by Crippen LogP contribution is -2.35. The second kappa shape index (κ2) is 6.21. The van der Waals surface area contributed by atoms with Gasteiger partial charge in [0.1, 0.15) is 4.90 Å². The number of rotatable bonds is 6. The summed E-state index contributed by atoms with van der Waals surface area (Å²) in [5.41, 5.74) is 10.8. The van der Waals surface area contributed by atoms with Crippen LogP contribution in [0.25, 0.3) is 0 Å². The number of benzene rings is 1. The van der Waals surface area contributed by atoms with Gasteiger partial charge in [-0.2, -0.15) is 0 Å². The lowest BCUT2D eigenvalue weighted by atomic mass is 10.2. The minimum Gasteiger partial charge on any atom is -0.398 e. The molecule has 1 aromatic rings. The zero-order valence-electron chi connectivity index (χ0n) is 11.3. The van der Waals surface area contributed by atoms with Crippen molar-refractivity contribution in [2.75, 3.05) is 5.73 Å². The lowest BCUT2D eigenvalue weighted by Gasteiger charge is -2.16. The molecule has 6 N–H and O–H groups in total. The maximum Gasteiger partial charge on any atom is 0.248 e. The predicted octanol–water partition coefficient (Wildman–Crippen LogP) is -0.195. The van der Waals surface area contributed by atoms with Crippen LogP contribution in [0, 0.1) is 0 Å². The Bertz CT molecular complexity index is 599. The number of nitrogens with one attached hydrogen (secondary N) is 1. The van der Waals surface area contributed by atoms with Crippen LogP contribution in [0.3, 0.4) is 0 Å². The molecule has 0 aliphatic rings. The van der Waals surface area contributed by atoms with Gasteiger partial charge >= 0.3 is 0 Å². The number of amides is 1. The van der Waals surface area contributed by atoms with E-state index >= 15 is 0 Å². The van der Waals surface area contributed by atoms with Crippen molar-refractivity contribution in [3.8, 4) is 0 Å². The molecule has 0 radical (unpaired) electrons. The molecule has 1 amide bonds. The topological polar surface area (TPSA) is 136 Å². The number of carbonyl (C=O) groups is 1. The van der Waals surface area contributed by atoms with Gasteiger partial charge in [0.2, 0.25) is 15.9 Å². The third kappa shape index (κ3) is 4.19. The molecule has 1 rings (SSSR count). The highest BCUT2D eigenvalue weighted by Gasteiger charge is 2.21. The molecule has 2 unspecified atom stereocenters. The van der Waals surface area contributed by atoms with E-state index in [-0.39, 0.29) is 22.6 Å². The van der Waals surface area contributed by atoms with Crippen molar-refractivity contribution in [3.05, 3.63) is 23.8 Å². The maximum absolute atomic E-state index is 12.1. The summed E-state index contributed by atoms with van der Waals surface area (Å²) in [5, 5.41) is 9.23. The first-order valence-electron chi connectivity index (χ1n) is 6.03.